The van der Waals surface area contributed by atoms with Crippen LogP contribution in [0.15, 0.2) is 16.6 Å². The van der Waals surface area contributed by atoms with Crippen LogP contribution in [-0.2, 0) is 6.42 Å². The average molecular weight is 298 g/mol. The van der Waals surface area contributed by atoms with Gasteiger partial charge in [-0.15, -0.1) is 0 Å². The molecule has 2 heterocycles. The summed E-state index contributed by atoms with van der Waals surface area (Å²) in [6.45, 7) is 2.62. The van der Waals surface area contributed by atoms with Gasteiger partial charge in [0.15, 0.2) is 11.5 Å². The molecule has 3 nitrogen and oxygen atoms in total. The summed E-state index contributed by atoms with van der Waals surface area (Å²) in [6.07, 6.45) is 3.64. The van der Waals surface area contributed by atoms with Crippen LogP contribution in [0, 0.1) is 5.92 Å². The van der Waals surface area contributed by atoms with Crippen molar-refractivity contribution in [3.05, 3.63) is 22.2 Å². The molecule has 0 aliphatic carbocycles. The van der Waals surface area contributed by atoms with Gasteiger partial charge >= 0.3 is 0 Å². The first-order valence-electron chi connectivity index (χ1n) is 6.11. The van der Waals surface area contributed by atoms with Gasteiger partial charge in [0, 0.05) is 4.47 Å². The van der Waals surface area contributed by atoms with Gasteiger partial charge in [-0.05, 0) is 56.0 Å². The Morgan fingerprint density at radius 2 is 2.29 bits per heavy atom. The average Bonchev–Trinajstić information content (AvgIpc) is 2.78. The Labute approximate surface area is 110 Å². The van der Waals surface area contributed by atoms with E-state index >= 15 is 0 Å². The van der Waals surface area contributed by atoms with Gasteiger partial charge < -0.3 is 14.8 Å². The van der Waals surface area contributed by atoms with Crippen molar-refractivity contribution >= 4 is 15.9 Å². The van der Waals surface area contributed by atoms with Crippen LogP contribution >= 0.6 is 15.9 Å². The van der Waals surface area contributed by atoms with E-state index in [2.05, 4.69) is 27.3 Å². The maximum absolute atomic E-state index is 5.56. The number of rotatable bonds is 2. The molecule has 1 aromatic rings. The van der Waals surface area contributed by atoms with Gasteiger partial charge in [0.2, 0.25) is 6.79 Å². The lowest BCUT2D eigenvalue weighted by atomic mass is 9.92. The number of fused-ring (bicyclic) bond motifs is 1. The van der Waals surface area contributed by atoms with Gasteiger partial charge in [0.1, 0.15) is 0 Å². The highest BCUT2D eigenvalue weighted by atomic mass is 79.9. The van der Waals surface area contributed by atoms with Crippen LogP contribution in [0.4, 0.5) is 0 Å². The van der Waals surface area contributed by atoms with E-state index in [0.717, 1.165) is 35.5 Å². The van der Waals surface area contributed by atoms with Gasteiger partial charge in [0.25, 0.3) is 0 Å². The third kappa shape index (κ3) is 2.43. The van der Waals surface area contributed by atoms with Gasteiger partial charge in [-0.1, -0.05) is 15.9 Å². The Bertz CT molecular complexity index is 416. The summed E-state index contributed by atoms with van der Waals surface area (Å²) in [5.41, 5.74) is 1.26. The van der Waals surface area contributed by atoms with E-state index in [4.69, 9.17) is 9.47 Å². The number of halogens is 1. The Hall–Kier alpha value is -0.740. The van der Waals surface area contributed by atoms with Crippen molar-refractivity contribution in [2.45, 2.75) is 19.3 Å². The molecule has 2 aliphatic rings. The Morgan fingerprint density at radius 3 is 3.12 bits per heavy atom. The zero-order valence-corrected chi connectivity index (χ0v) is 11.3. The molecule has 1 N–H and O–H groups in total. The molecular formula is C13H16BrNO2. The number of piperidine rings is 1. The third-order valence-corrected chi connectivity index (χ3v) is 3.88. The Balaban J connectivity index is 1.82. The maximum Gasteiger partial charge on any atom is 0.231 e. The molecule has 17 heavy (non-hydrogen) atoms. The summed E-state index contributed by atoms with van der Waals surface area (Å²) in [5.74, 6) is 2.53. The minimum absolute atomic E-state index is 0.349. The minimum atomic E-state index is 0.349. The van der Waals surface area contributed by atoms with E-state index < -0.39 is 0 Å². The summed E-state index contributed by atoms with van der Waals surface area (Å²) < 4.78 is 12.1. The molecule has 3 rings (SSSR count). The normalized spacial score (nSPS) is 22.8. The molecule has 0 radical (unpaired) electrons. The van der Waals surface area contributed by atoms with E-state index in [1.165, 1.54) is 18.4 Å². The van der Waals surface area contributed by atoms with Gasteiger partial charge in [0.05, 0.1) is 0 Å². The molecule has 92 valence electrons. The molecule has 1 unspecified atom stereocenters. The zero-order chi connectivity index (χ0) is 11.7. The van der Waals surface area contributed by atoms with Gasteiger partial charge in [-0.25, -0.2) is 0 Å². The van der Waals surface area contributed by atoms with Crippen LogP contribution in [0.2, 0.25) is 0 Å². The molecule has 1 atom stereocenters. The van der Waals surface area contributed by atoms with Crippen LogP contribution in [0.3, 0.4) is 0 Å². The molecule has 1 aromatic carbocycles. The first-order valence-corrected chi connectivity index (χ1v) is 6.91. The second-order valence-electron chi connectivity index (χ2n) is 4.72. The van der Waals surface area contributed by atoms with Crippen LogP contribution < -0.4 is 14.8 Å². The quantitative estimate of drug-likeness (QED) is 0.910. The van der Waals surface area contributed by atoms with E-state index in [9.17, 15) is 0 Å². The fraction of sp³-hybridized carbons (Fsp3) is 0.538. The molecular weight excluding hydrogens is 282 g/mol. The number of hydrogen-bond donors (Lipinski definition) is 1. The van der Waals surface area contributed by atoms with Crippen LogP contribution in [-0.4, -0.2) is 19.9 Å². The van der Waals surface area contributed by atoms with Crippen molar-refractivity contribution in [1.29, 1.82) is 0 Å². The summed E-state index contributed by atoms with van der Waals surface area (Å²) in [7, 11) is 0. The zero-order valence-electron chi connectivity index (χ0n) is 9.67. The summed E-state index contributed by atoms with van der Waals surface area (Å²) in [5, 5.41) is 3.45. The summed E-state index contributed by atoms with van der Waals surface area (Å²) in [6, 6.07) is 4.13. The van der Waals surface area contributed by atoms with Crippen molar-refractivity contribution in [2.24, 2.45) is 5.92 Å². The van der Waals surface area contributed by atoms with Crippen molar-refractivity contribution in [3.8, 4) is 11.5 Å². The molecule has 0 aromatic heterocycles. The molecule has 2 aliphatic heterocycles. The predicted octanol–water partition coefficient (Wildman–Crippen LogP) is 2.72. The molecule has 1 saturated heterocycles. The van der Waals surface area contributed by atoms with Crippen molar-refractivity contribution < 1.29 is 9.47 Å². The van der Waals surface area contributed by atoms with Crippen molar-refractivity contribution in [2.75, 3.05) is 19.9 Å². The predicted molar refractivity (Wildman–Crippen MR) is 69.6 cm³/mol. The Morgan fingerprint density at radius 1 is 1.35 bits per heavy atom. The highest BCUT2D eigenvalue weighted by Gasteiger charge is 2.22. The van der Waals surface area contributed by atoms with E-state index in [-0.39, 0.29) is 0 Å². The number of nitrogens with one attached hydrogen (secondary N) is 1. The fourth-order valence-corrected chi connectivity index (χ4v) is 3.09. The van der Waals surface area contributed by atoms with Crippen molar-refractivity contribution in [3.63, 3.8) is 0 Å². The lowest BCUT2D eigenvalue weighted by molar-refractivity contribution is 0.173. The first-order chi connectivity index (χ1) is 8.33. The lowest BCUT2D eigenvalue weighted by Crippen LogP contribution is -2.30. The molecule has 0 spiro atoms. The van der Waals surface area contributed by atoms with E-state index in [0.29, 0.717) is 12.7 Å². The molecule has 4 heteroatoms. The summed E-state index contributed by atoms with van der Waals surface area (Å²) in [4.78, 5) is 0. The number of benzene rings is 1. The highest BCUT2D eigenvalue weighted by molar-refractivity contribution is 9.10. The maximum atomic E-state index is 5.56. The standard InChI is InChI=1S/C13H16BrNO2/c14-11-5-10(4-9-2-1-3-15-7-9)13-12(6-11)16-8-17-13/h5-6,9,15H,1-4,7-8H2. The number of ether oxygens (including phenoxy) is 2. The van der Waals surface area contributed by atoms with Crippen LogP contribution in [0.25, 0.3) is 0 Å². The van der Waals surface area contributed by atoms with Gasteiger partial charge in [-0.3, -0.25) is 0 Å². The second-order valence-corrected chi connectivity index (χ2v) is 5.63. The Kier molecular flexibility index (Phi) is 3.25. The monoisotopic (exact) mass is 297 g/mol. The molecule has 0 amide bonds. The van der Waals surface area contributed by atoms with Crippen LogP contribution in [0.1, 0.15) is 18.4 Å². The SMILES string of the molecule is Brc1cc(CC2CCCNC2)c2c(c1)OCO2. The van der Waals surface area contributed by atoms with E-state index in [1.54, 1.807) is 0 Å². The third-order valence-electron chi connectivity index (χ3n) is 3.42. The van der Waals surface area contributed by atoms with Gasteiger partial charge in [-0.2, -0.15) is 0 Å². The smallest absolute Gasteiger partial charge is 0.231 e. The fourth-order valence-electron chi connectivity index (χ4n) is 2.61. The van der Waals surface area contributed by atoms with Crippen molar-refractivity contribution in [1.82, 2.24) is 5.32 Å². The minimum Gasteiger partial charge on any atom is -0.454 e. The van der Waals surface area contributed by atoms with Crippen LogP contribution in [0.5, 0.6) is 11.5 Å². The second kappa shape index (κ2) is 4.86. The topological polar surface area (TPSA) is 30.5 Å². The molecule has 0 saturated carbocycles. The summed E-state index contributed by atoms with van der Waals surface area (Å²) >= 11 is 3.53. The number of hydrogen-bond acceptors (Lipinski definition) is 3. The first kappa shape index (κ1) is 11.4. The van der Waals surface area contributed by atoms with E-state index in [1.807, 2.05) is 6.07 Å². The largest absolute Gasteiger partial charge is 0.454 e. The highest BCUT2D eigenvalue weighted by Crippen LogP contribution is 2.39. The molecule has 0 bridgehead atoms. The lowest BCUT2D eigenvalue weighted by Gasteiger charge is -2.23. The molecule has 1 fully saturated rings.